The highest BCUT2D eigenvalue weighted by Crippen LogP contribution is 2.47. The Morgan fingerprint density at radius 1 is 0.526 bits per heavy atom. The van der Waals surface area contributed by atoms with E-state index in [2.05, 4.69) is 224 Å². The highest BCUT2D eigenvalue weighted by atomic mass is 127. The molecule has 23 heteroatoms. The van der Waals surface area contributed by atoms with Gasteiger partial charge in [0.1, 0.15) is 23.4 Å². The predicted molar refractivity (Wildman–Crippen MR) is 482 cm³/mol. The SMILES string of the molecule is C1CCOC1.C=C1C[C@H](CCCO)OC1CC[C@@H]1CCC(=O)O1.C=C1C[C@H](CCCO[Si](c2ccccc2)(c2ccccc2)C(C)(C)C)OC1CC[C@@H]1CCC(=O)O1.CC(C)(C)[Si](Cl)(c1ccccc1)c1ccccc1.[C-]#[N+]CC[C@H]1CC[C@@H]2O[C@@H](CCC(=O)OC)C[C@]2(CI)O1.[C-]#[N+]CC[C@H]1CC[C@@H]2O[C@@H](CCCO)C[C@]2(CI)O1. The summed E-state index contributed by atoms with van der Waals surface area (Å²) in [7, 11) is -3.31. The zero-order valence-corrected chi connectivity index (χ0v) is 77.3. The number of hydrogen-bond donors (Lipinski definition) is 2. The molecule has 4 aromatic carbocycles. The minimum Gasteiger partial charge on any atom is -0.469 e. The third-order valence-electron chi connectivity index (χ3n) is 23.8. The molecule has 9 saturated heterocycles. The first-order chi connectivity index (χ1) is 55.8. The second-order valence-corrected chi connectivity index (χ2v) is 45.9. The highest BCUT2D eigenvalue weighted by Gasteiger charge is 2.55. The molecule has 13 rings (SSSR count). The van der Waals surface area contributed by atoms with Crippen LogP contribution in [0.5, 0.6) is 0 Å². The van der Waals surface area contributed by atoms with Gasteiger partial charge in [0.25, 0.3) is 8.32 Å². The number of carbonyl (C=O) groups is 3. The summed E-state index contributed by atoms with van der Waals surface area (Å²) in [6, 6.07) is 42.7. The van der Waals surface area contributed by atoms with E-state index in [1.807, 2.05) is 12.1 Å². The molecule has 0 bridgehead atoms. The van der Waals surface area contributed by atoms with E-state index in [4.69, 9.17) is 81.5 Å². The predicted octanol–water partition coefficient (Wildman–Crippen LogP) is 17.4. The first-order valence-corrected chi connectivity index (χ1v) is 50.7. The fourth-order valence-electron chi connectivity index (χ4n) is 17.6. The Hall–Kier alpha value is -4.47. The van der Waals surface area contributed by atoms with Crippen LogP contribution in [0.4, 0.5) is 0 Å². The summed E-state index contributed by atoms with van der Waals surface area (Å²) < 4.78 is 66.1. The summed E-state index contributed by atoms with van der Waals surface area (Å²) >= 11 is 12.0. The Morgan fingerprint density at radius 3 is 1.28 bits per heavy atom. The Balaban J connectivity index is 0.000000183. The molecule has 9 fully saturated rings. The van der Waals surface area contributed by atoms with Gasteiger partial charge in [-0.2, -0.15) is 11.1 Å². The largest absolute Gasteiger partial charge is 0.469 e. The Morgan fingerprint density at radius 2 is 0.931 bits per heavy atom. The number of esters is 3. The molecule has 14 atom stereocenters. The Kier molecular flexibility index (Phi) is 41.0. The normalized spacial score (nSPS) is 27.4. The fraction of sp³-hybridized carbons (Fsp3) is 0.645. The van der Waals surface area contributed by atoms with Crippen molar-refractivity contribution in [2.24, 2.45) is 0 Å². The second kappa shape index (κ2) is 49.0. The maximum Gasteiger partial charge on any atom is 0.306 e. The topological polar surface area (TPSA) is 202 Å². The van der Waals surface area contributed by atoms with Crippen LogP contribution in [0.1, 0.15) is 221 Å². The lowest BCUT2D eigenvalue weighted by Gasteiger charge is -2.43. The lowest BCUT2D eigenvalue weighted by atomic mass is 9.87. The summed E-state index contributed by atoms with van der Waals surface area (Å²) in [6.07, 6.45) is 26.2. The van der Waals surface area contributed by atoms with Crippen LogP contribution in [0.15, 0.2) is 146 Å². The molecular formula is C93H133ClI2N2O16Si2. The molecule has 0 aromatic heterocycles. The number of fused-ring (bicyclic) bond motifs is 2. The first-order valence-electron chi connectivity index (χ1n) is 42.7. The van der Waals surface area contributed by atoms with Gasteiger partial charge in [-0.05, 0) is 177 Å². The highest BCUT2D eigenvalue weighted by molar-refractivity contribution is 14.1. The minimum absolute atomic E-state index is 0.0113. The van der Waals surface area contributed by atoms with Crippen molar-refractivity contribution in [3.05, 3.63) is 168 Å². The average Bonchev–Trinajstić information content (AvgIpc) is 0.714. The zero-order chi connectivity index (χ0) is 83.6. The molecule has 0 amide bonds. The molecule has 116 heavy (non-hydrogen) atoms. The van der Waals surface area contributed by atoms with Crippen molar-refractivity contribution < 1.29 is 76.4 Å². The van der Waals surface area contributed by atoms with Crippen LogP contribution >= 0.6 is 56.3 Å². The molecule has 9 aliphatic heterocycles. The molecule has 0 saturated carbocycles. The minimum atomic E-state index is -2.49. The smallest absolute Gasteiger partial charge is 0.306 e. The van der Waals surface area contributed by atoms with Crippen molar-refractivity contribution in [1.82, 2.24) is 0 Å². The van der Waals surface area contributed by atoms with Gasteiger partial charge in [0, 0.05) is 86.8 Å². The van der Waals surface area contributed by atoms with Crippen molar-refractivity contribution in [3.8, 4) is 0 Å². The fourth-order valence-corrected chi connectivity index (χ4v) is 28.3. The first kappa shape index (κ1) is 97.0. The van der Waals surface area contributed by atoms with Gasteiger partial charge in [-0.15, -0.1) is 0 Å². The third-order valence-corrected chi connectivity index (χ3v) is 38.8. The molecule has 18 nitrogen and oxygen atoms in total. The summed E-state index contributed by atoms with van der Waals surface area (Å²) in [5.41, 5.74) is 1.94. The monoisotopic (exact) mass is 1880 g/mol. The lowest BCUT2D eigenvalue weighted by molar-refractivity contribution is -0.153. The van der Waals surface area contributed by atoms with Crippen LogP contribution in [0.3, 0.4) is 0 Å². The summed E-state index contributed by atoms with van der Waals surface area (Å²) in [4.78, 5) is 40.5. The van der Waals surface area contributed by atoms with Crippen LogP contribution in [0.25, 0.3) is 9.69 Å². The zero-order valence-electron chi connectivity index (χ0n) is 70.2. The van der Waals surface area contributed by atoms with Crippen LogP contribution in [0, 0.1) is 13.1 Å². The molecule has 2 N–H and O–H groups in total. The number of nitrogens with zero attached hydrogens (tertiary/aromatic N) is 2. The molecule has 0 spiro atoms. The van der Waals surface area contributed by atoms with Gasteiger partial charge in [-0.25, -0.2) is 13.1 Å². The van der Waals surface area contributed by atoms with Crippen LogP contribution in [-0.2, 0) is 66.2 Å². The molecule has 9 heterocycles. The van der Waals surface area contributed by atoms with Crippen LogP contribution in [0.2, 0.25) is 10.1 Å². The third kappa shape index (κ3) is 28.3. The van der Waals surface area contributed by atoms with Gasteiger partial charge in [0.05, 0.1) is 68.1 Å². The van der Waals surface area contributed by atoms with Gasteiger partial charge in [-0.1, -0.05) is 221 Å². The van der Waals surface area contributed by atoms with Crippen molar-refractivity contribution in [3.63, 3.8) is 0 Å². The molecule has 0 radical (unpaired) electrons. The number of ether oxygens (including phenoxy) is 10. The second-order valence-electron chi connectivity index (χ2n) is 34.4. The maximum atomic E-state index is 11.3. The van der Waals surface area contributed by atoms with E-state index in [9.17, 15) is 14.4 Å². The van der Waals surface area contributed by atoms with E-state index >= 15 is 0 Å². The Bertz CT molecular complexity index is 3590. The number of cyclic esters (lactones) is 2. The quantitative estimate of drug-likeness (QED) is 0.00574. The number of rotatable bonds is 30. The maximum absolute atomic E-state index is 11.3. The molecule has 2 unspecified atom stereocenters. The number of benzene rings is 4. The number of alkyl halides is 2. The number of aliphatic hydroxyl groups is 2. The van der Waals surface area contributed by atoms with E-state index < -0.39 is 15.7 Å². The van der Waals surface area contributed by atoms with Crippen molar-refractivity contribution in [2.75, 3.05) is 62.1 Å². The molecule has 4 aromatic rings. The average molecular weight is 1880 g/mol. The summed E-state index contributed by atoms with van der Waals surface area (Å²) in [5.74, 6) is -0.334. The van der Waals surface area contributed by atoms with Gasteiger partial charge in [0.2, 0.25) is 20.5 Å². The van der Waals surface area contributed by atoms with E-state index in [0.29, 0.717) is 45.4 Å². The van der Waals surface area contributed by atoms with E-state index in [-0.39, 0.29) is 126 Å². The van der Waals surface area contributed by atoms with E-state index in [0.717, 1.165) is 169 Å². The summed E-state index contributed by atoms with van der Waals surface area (Å²) in [6.45, 7) is 40.0. The van der Waals surface area contributed by atoms with Gasteiger partial charge in [-0.3, -0.25) is 14.4 Å². The van der Waals surface area contributed by atoms with Gasteiger partial charge in [0.15, 0.2) is 0 Å². The standard InChI is InChI=1S/C30H40O4Si.C16H19ClSi.C15H22INO4.C14H22INO3.C14H22O4.C4H8O/c1-23-22-25(33-28(23)19-17-24-18-20-29(31)34-24)12-11-21-32-35(30(2,3)4,26-13-7-5-8-14-26)27-15-9-6-10-16-27;1-16(2,3)18(17,14-10-6-4-7-11-14)15-12-8-5-9-13-15;1-17-8-7-11-3-5-13-15(10-16,21-11)9-12(20-13)4-6-14(18)19-2;1-16-7-6-11-4-5-13-14(10-15,19-11)9-12(18-13)3-2-8-17;1-10-9-12(3-2-8-15)17-13(10)6-4-11-5-7-14(16)18-11;1-2-4-5-3-1/h5-10,13-16,24-25,28H,1,11-12,17-22H2,2-4H3;4-13H,1-3H3;11-13H,3-10H2,2H3;11-13,17H,2-10H2;11-13,15H,1-9H2;1-4H2/t24-,25+,28?;;11-,12+,13+,15-;11-,12+,13+,14-;11-,12+,13?;/m1.111./s1. The number of halogens is 3. The lowest BCUT2D eigenvalue weighted by Crippen LogP contribution is -2.66. The Labute approximate surface area is 727 Å². The van der Waals surface area contributed by atoms with Crippen molar-refractivity contribution in [1.29, 1.82) is 0 Å². The van der Waals surface area contributed by atoms with Crippen molar-refractivity contribution in [2.45, 2.75) is 316 Å². The van der Waals surface area contributed by atoms with E-state index in [1.54, 1.807) is 0 Å². The number of hydrogen-bond acceptors (Lipinski definition) is 16. The molecular weight excluding hydrogens is 1750 g/mol. The van der Waals surface area contributed by atoms with Crippen LogP contribution < -0.4 is 20.7 Å². The molecule has 640 valence electrons. The molecule has 9 aliphatic rings. The van der Waals surface area contributed by atoms with Gasteiger partial charge < -0.3 is 71.7 Å². The summed E-state index contributed by atoms with van der Waals surface area (Å²) in [5, 5.41) is 23.0. The molecule has 0 aliphatic carbocycles. The van der Waals surface area contributed by atoms with Crippen LogP contribution in [-0.4, -0.2) is 190 Å². The number of aliphatic hydroxyl groups excluding tert-OH is 2. The number of methoxy groups -OCH3 is 1. The van der Waals surface area contributed by atoms with Crippen molar-refractivity contribution >= 4 is 111 Å². The van der Waals surface area contributed by atoms with E-state index in [1.165, 1.54) is 46.3 Å². The van der Waals surface area contributed by atoms with Gasteiger partial charge >= 0.3 is 17.9 Å². The number of carbonyl (C=O) groups excluding carboxylic acids is 3.